The van der Waals surface area contributed by atoms with Crippen LogP contribution in [0.25, 0.3) is 0 Å². The molecule has 0 aromatic rings. The van der Waals surface area contributed by atoms with Crippen LogP contribution in [-0.2, 0) is 9.53 Å². The summed E-state index contributed by atoms with van der Waals surface area (Å²) in [7, 11) is 1.32. The van der Waals surface area contributed by atoms with Gasteiger partial charge in [0.05, 0.1) is 13.0 Å². The molecular weight excluding hydrogens is 174 g/mol. The SMILES string of the molecule is COC(=O)C(C)CCC(C)[N+](=O)[O-]. The van der Waals surface area contributed by atoms with Gasteiger partial charge in [0, 0.05) is 18.3 Å². The van der Waals surface area contributed by atoms with Gasteiger partial charge < -0.3 is 4.74 Å². The zero-order valence-corrected chi connectivity index (χ0v) is 8.15. The Hall–Kier alpha value is -1.13. The first kappa shape index (κ1) is 11.9. The lowest BCUT2D eigenvalue weighted by atomic mass is 10.0. The Morgan fingerprint density at radius 2 is 2.00 bits per heavy atom. The van der Waals surface area contributed by atoms with E-state index in [2.05, 4.69) is 4.74 Å². The van der Waals surface area contributed by atoms with E-state index < -0.39 is 6.04 Å². The molecule has 0 aromatic heterocycles. The lowest BCUT2D eigenvalue weighted by Gasteiger charge is -2.08. The van der Waals surface area contributed by atoms with Gasteiger partial charge in [0.25, 0.3) is 0 Å². The average Bonchev–Trinajstić information content (AvgIpc) is 2.11. The van der Waals surface area contributed by atoms with Crippen molar-refractivity contribution in [3.8, 4) is 0 Å². The van der Waals surface area contributed by atoms with Crippen LogP contribution in [0.2, 0.25) is 0 Å². The number of rotatable bonds is 5. The summed E-state index contributed by atoms with van der Waals surface area (Å²) in [5.41, 5.74) is 0. The van der Waals surface area contributed by atoms with E-state index in [0.29, 0.717) is 12.8 Å². The van der Waals surface area contributed by atoms with Crippen LogP contribution in [0.15, 0.2) is 0 Å². The lowest BCUT2D eigenvalue weighted by molar-refractivity contribution is -0.519. The van der Waals surface area contributed by atoms with Crippen molar-refractivity contribution in [3.05, 3.63) is 10.1 Å². The Morgan fingerprint density at radius 1 is 1.46 bits per heavy atom. The summed E-state index contributed by atoms with van der Waals surface area (Å²) in [5.74, 6) is -0.567. The number of hydrogen-bond acceptors (Lipinski definition) is 4. The molecule has 0 rings (SSSR count). The van der Waals surface area contributed by atoms with Crippen molar-refractivity contribution in [1.29, 1.82) is 0 Å². The second-order valence-corrected chi connectivity index (χ2v) is 3.14. The molecule has 0 amide bonds. The van der Waals surface area contributed by atoms with Gasteiger partial charge in [-0.05, 0) is 6.42 Å². The number of ether oxygens (including phenoxy) is 1. The molecule has 2 atom stereocenters. The molecule has 0 heterocycles. The van der Waals surface area contributed by atoms with Gasteiger partial charge in [-0.25, -0.2) is 0 Å². The number of hydrogen-bond donors (Lipinski definition) is 0. The van der Waals surface area contributed by atoms with Crippen LogP contribution in [0.1, 0.15) is 26.7 Å². The molecule has 5 heteroatoms. The third-order valence-electron chi connectivity index (χ3n) is 1.98. The summed E-state index contributed by atoms with van der Waals surface area (Å²) in [4.78, 5) is 20.8. The van der Waals surface area contributed by atoms with Crippen LogP contribution < -0.4 is 0 Å². The Balaban J connectivity index is 3.76. The van der Waals surface area contributed by atoms with Crippen molar-refractivity contribution in [2.75, 3.05) is 7.11 Å². The normalized spacial score (nSPS) is 14.7. The molecule has 2 unspecified atom stereocenters. The van der Waals surface area contributed by atoms with Gasteiger partial charge in [0.2, 0.25) is 6.04 Å². The van der Waals surface area contributed by atoms with Crippen LogP contribution >= 0.6 is 0 Å². The van der Waals surface area contributed by atoms with E-state index in [0.717, 1.165) is 0 Å². The third-order valence-corrected chi connectivity index (χ3v) is 1.98. The lowest BCUT2D eigenvalue weighted by Crippen LogP contribution is -2.19. The Kier molecular flexibility index (Phi) is 5.03. The van der Waals surface area contributed by atoms with Gasteiger partial charge in [-0.15, -0.1) is 0 Å². The number of esters is 1. The molecule has 0 saturated carbocycles. The minimum atomic E-state index is -0.591. The molecule has 0 aromatic carbocycles. The second kappa shape index (κ2) is 5.50. The summed E-state index contributed by atoms with van der Waals surface area (Å²) >= 11 is 0. The first-order valence-electron chi connectivity index (χ1n) is 4.20. The molecule has 0 fully saturated rings. The fraction of sp³-hybridized carbons (Fsp3) is 0.875. The van der Waals surface area contributed by atoms with E-state index in [-0.39, 0.29) is 16.8 Å². The van der Waals surface area contributed by atoms with Gasteiger partial charge in [-0.2, -0.15) is 0 Å². The smallest absolute Gasteiger partial charge is 0.308 e. The van der Waals surface area contributed by atoms with Gasteiger partial charge in [-0.1, -0.05) is 6.92 Å². The van der Waals surface area contributed by atoms with E-state index in [1.54, 1.807) is 6.92 Å². The quantitative estimate of drug-likeness (QED) is 0.370. The van der Waals surface area contributed by atoms with Gasteiger partial charge >= 0.3 is 5.97 Å². The summed E-state index contributed by atoms with van der Waals surface area (Å²) in [6.07, 6.45) is 0.901. The fourth-order valence-corrected chi connectivity index (χ4v) is 0.916. The molecule has 76 valence electrons. The Morgan fingerprint density at radius 3 is 2.38 bits per heavy atom. The molecule has 0 bridgehead atoms. The number of carbonyl (C=O) groups excluding carboxylic acids is 1. The number of nitrogens with zero attached hydrogens (tertiary/aromatic N) is 1. The number of carbonyl (C=O) groups is 1. The molecule has 0 aliphatic carbocycles. The molecule has 5 nitrogen and oxygen atoms in total. The van der Waals surface area contributed by atoms with Crippen LogP contribution in [0.5, 0.6) is 0 Å². The van der Waals surface area contributed by atoms with Crippen LogP contribution in [0.4, 0.5) is 0 Å². The van der Waals surface area contributed by atoms with Crippen LogP contribution in [-0.4, -0.2) is 24.0 Å². The van der Waals surface area contributed by atoms with Crippen molar-refractivity contribution in [2.24, 2.45) is 5.92 Å². The minimum Gasteiger partial charge on any atom is -0.469 e. The van der Waals surface area contributed by atoms with Gasteiger partial charge in [0.15, 0.2) is 0 Å². The topological polar surface area (TPSA) is 69.4 Å². The molecule has 0 radical (unpaired) electrons. The summed E-state index contributed by atoms with van der Waals surface area (Å²) < 4.78 is 4.50. The van der Waals surface area contributed by atoms with Gasteiger partial charge in [0.1, 0.15) is 0 Å². The van der Waals surface area contributed by atoms with Gasteiger partial charge in [-0.3, -0.25) is 14.9 Å². The van der Waals surface area contributed by atoms with E-state index in [4.69, 9.17) is 0 Å². The highest BCUT2D eigenvalue weighted by Crippen LogP contribution is 2.10. The third kappa shape index (κ3) is 4.45. The Bertz CT molecular complexity index is 193. The molecular formula is C8H15NO4. The predicted molar refractivity (Wildman–Crippen MR) is 46.9 cm³/mol. The number of nitro groups is 1. The van der Waals surface area contributed by atoms with Crippen molar-refractivity contribution in [2.45, 2.75) is 32.7 Å². The van der Waals surface area contributed by atoms with Crippen molar-refractivity contribution in [1.82, 2.24) is 0 Å². The molecule has 0 aliphatic rings. The van der Waals surface area contributed by atoms with E-state index in [1.165, 1.54) is 14.0 Å². The summed E-state index contributed by atoms with van der Waals surface area (Å²) in [6, 6.07) is -0.591. The highest BCUT2D eigenvalue weighted by molar-refractivity contribution is 5.71. The first-order valence-corrected chi connectivity index (χ1v) is 4.20. The Labute approximate surface area is 77.2 Å². The maximum atomic E-state index is 10.9. The summed E-state index contributed by atoms with van der Waals surface area (Å²) in [6.45, 7) is 3.24. The monoisotopic (exact) mass is 189 g/mol. The second-order valence-electron chi connectivity index (χ2n) is 3.14. The summed E-state index contributed by atoms with van der Waals surface area (Å²) in [5, 5.41) is 10.2. The standard InChI is InChI=1S/C8H15NO4/c1-6(8(10)13-3)4-5-7(2)9(11)12/h6-7H,4-5H2,1-3H3. The number of methoxy groups -OCH3 is 1. The largest absolute Gasteiger partial charge is 0.469 e. The van der Waals surface area contributed by atoms with Crippen LogP contribution in [0, 0.1) is 16.0 Å². The molecule has 0 N–H and O–H groups in total. The highest BCUT2D eigenvalue weighted by Gasteiger charge is 2.18. The zero-order valence-electron chi connectivity index (χ0n) is 8.15. The molecule has 0 aliphatic heterocycles. The van der Waals surface area contributed by atoms with E-state index in [9.17, 15) is 14.9 Å². The molecule has 0 spiro atoms. The minimum absolute atomic E-state index is 0.257. The maximum Gasteiger partial charge on any atom is 0.308 e. The van der Waals surface area contributed by atoms with Crippen molar-refractivity contribution < 1.29 is 14.5 Å². The van der Waals surface area contributed by atoms with E-state index in [1.807, 2.05) is 0 Å². The molecule has 13 heavy (non-hydrogen) atoms. The first-order chi connectivity index (χ1) is 5.99. The highest BCUT2D eigenvalue weighted by atomic mass is 16.6. The predicted octanol–water partition coefficient (Wildman–Crippen LogP) is 1.24. The molecule has 0 saturated heterocycles. The maximum absolute atomic E-state index is 10.9. The van der Waals surface area contributed by atoms with Crippen molar-refractivity contribution >= 4 is 5.97 Å². The fourth-order valence-electron chi connectivity index (χ4n) is 0.916. The van der Waals surface area contributed by atoms with Crippen LogP contribution in [0.3, 0.4) is 0 Å². The zero-order chi connectivity index (χ0) is 10.4. The van der Waals surface area contributed by atoms with E-state index >= 15 is 0 Å². The van der Waals surface area contributed by atoms with Crippen molar-refractivity contribution in [3.63, 3.8) is 0 Å². The average molecular weight is 189 g/mol.